The molecule has 6 aromatic rings. The Morgan fingerprint density at radius 3 is 0.840 bits per heavy atom. The quantitative estimate of drug-likeness (QED) is 0.0985. The van der Waals surface area contributed by atoms with Crippen molar-refractivity contribution in [2.75, 3.05) is 20.4 Å². The summed E-state index contributed by atoms with van der Waals surface area (Å²) in [7, 11) is 0. The molecule has 4 heterocycles. The Morgan fingerprint density at radius 2 is 0.573 bits per heavy atom. The number of amides is 4. The van der Waals surface area contributed by atoms with Crippen LogP contribution in [0.4, 0.5) is 22.7 Å². The third-order valence-corrected chi connectivity index (χ3v) is 16.8. The number of benzene rings is 6. The van der Waals surface area contributed by atoms with Gasteiger partial charge in [0, 0.05) is 39.8 Å². The van der Waals surface area contributed by atoms with Crippen molar-refractivity contribution in [3.05, 3.63) is 212 Å². The smallest absolute Gasteiger partial charge is 0.266 e. The van der Waals surface area contributed by atoms with Gasteiger partial charge >= 0.3 is 0 Å². The Hall–Kier alpha value is -6.26. The maximum Gasteiger partial charge on any atom is 0.266 e. The van der Waals surface area contributed by atoms with Crippen molar-refractivity contribution >= 4 is 198 Å². The number of nitrogens with one attached hydrogen (secondary N) is 2. The highest BCUT2D eigenvalue weighted by Crippen LogP contribution is 2.50. The van der Waals surface area contributed by atoms with Gasteiger partial charge in [-0.2, -0.15) is 0 Å². The van der Waals surface area contributed by atoms with E-state index in [1.54, 1.807) is 0 Å². The molecule has 0 saturated carbocycles. The summed E-state index contributed by atoms with van der Waals surface area (Å²) in [6, 6.07) is 13.1. The number of hydrogen-bond acceptors (Lipinski definition) is 10. The van der Waals surface area contributed by atoms with Crippen molar-refractivity contribution in [1.82, 2.24) is 0 Å². The lowest BCUT2D eigenvalue weighted by Crippen LogP contribution is -2.33. The minimum atomic E-state index is -0.824. The van der Waals surface area contributed by atoms with Gasteiger partial charge in [-0.3, -0.25) is 38.4 Å². The molecule has 6 aliphatic rings. The highest BCUT2D eigenvalue weighted by molar-refractivity contribution is 6.49. The SMILES string of the molecule is O=C1C(=C2C=Cc3c(c(Cl)cc(Cc4cc(Cl)c5c(c4N4C(=O)c6cc(Cl)c(Cl)cc6C4=O)C=CC(=C4C(=O)c6cc(Cl)c(Cl)cc6C4=O)N5)c3N3C(=O)c4cc(Cl)c(Cl)cc4C3=O)N2)C(=O)c2cc(Cl)c(Cl)cc21. The van der Waals surface area contributed by atoms with E-state index in [-0.39, 0.29) is 169 Å². The van der Waals surface area contributed by atoms with Crippen molar-refractivity contribution in [1.29, 1.82) is 0 Å². The van der Waals surface area contributed by atoms with E-state index in [1.165, 1.54) is 85.0 Å². The molecule has 368 valence electrons. The van der Waals surface area contributed by atoms with Gasteiger partial charge in [0.25, 0.3) is 23.6 Å². The zero-order valence-corrected chi connectivity index (χ0v) is 44.3. The van der Waals surface area contributed by atoms with Gasteiger partial charge < -0.3 is 10.6 Å². The van der Waals surface area contributed by atoms with Crippen LogP contribution in [0.5, 0.6) is 0 Å². The van der Waals surface area contributed by atoms with Gasteiger partial charge in [-0.25, -0.2) is 9.80 Å². The number of imide groups is 2. The van der Waals surface area contributed by atoms with Crippen LogP contribution >= 0.6 is 116 Å². The van der Waals surface area contributed by atoms with Crippen LogP contribution in [-0.4, -0.2) is 46.8 Å². The van der Waals surface area contributed by atoms with Crippen LogP contribution in [0, 0.1) is 0 Å². The summed E-state index contributed by atoms with van der Waals surface area (Å²) in [5.41, 5.74) is -0.252. The zero-order valence-electron chi connectivity index (χ0n) is 36.7. The first kappa shape index (κ1) is 49.6. The van der Waals surface area contributed by atoms with E-state index in [1.807, 2.05) is 0 Å². The fraction of sp³-hybridized carbons (Fsp3) is 0.0189. The zero-order chi connectivity index (χ0) is 53.1. The molecule has 22 heteroatoms. The van der Waals surface area contributed by atoms with E-state index >= 15 is 0 Å². The van der Waals surface area contributed by atoms with Crippen LogP contribution in [0.2, 0.25) is 50.2 Å². The first-order chi connectivity index (χ1) is 35.6. The second-order valence-electron chi connectivity index (χ2n) is 17.4. The average molecular weight is 1190 g/mol. The molecule has 0 bridgehead atoms. The Bertz CT molecular complexity index is 3690. The molecular formula is C53H18Cl10N4O8. The number of Topliss-reactive ketones (excluding diaryl/α,β-unsaturated/α-hetero) is 4. The third kappa shape index (κ3) is 7.34. The fourth-order valence-electron chi connectivity index (χ4n) is 9.94. The summed E-state index contributed by atoms with van der Waals surface area (Å²) in [5, 5.41) is 6.24. The topological polar surface area (TPSA) is 167 Å². The minimum absolute atomic E-state index is 0.0126. The molecule has 12 rings (SSSR count). The molecule has 75 heavy (non-hydrogen) atoms. The number of ketones is 4. The lowest BCUT2D eigenvalue weighted by Gasteiger charge is -2.29. The van der Waals surface area contributed by atoms with E-state index in [4.69, 9.17) is 116 Å². The molecule has 0 saturated heterocycles. The number of fused-ring (bicyclic) bond motifs is 6. The number of carbonyl (C=O) groups is 8. The first-order valence-electron chi connectivity index (χ1n) is 21.7. The van der Waals surface area contributed by atoms with Gasteiger partial charge in [0.05, 0.1) is 118 Å². The van der Waals surface area contributed by atoms with Crippen LogP contribution < -0.4 is 20.4 Å². The predicted molar refractivity (Wildman–Crippen MR) is 291 cm³/mol. The molecule has 0 unspecified atom stereocenters. The van der Waals surface area contributed by atoms with E-state index in [2.05, 4.69) is 10.6 Å². The van der Waals surface area contributed by atoms with Crippen LogP contribution in [0.3, 0.4) is 0 Å². The highest BCUT2D eigenvalue weighted by atomic mass is 35.5. The summed E-state index contributed by atoms with van der Waals surface area (Å²) in [5.74, 6) is -5.93. The van der Waals surface area contributed by atoms with E-state index in [0.717, 1.165) is 9.80 Å². The van der Waals surface area contributed by atoms with Crippen molar-refractivity contribution in [3.63, 3.8) is 0 Å². The summed E-state index contributed by atoms with van der Waals surface area (Å²) >= 11 is 64.7. The highest BCUT2D eigenvalue weighted by Gasteiger charge is 2.45. The molecular weight excluding hydrogens is 1180 g/mol. The standard InChI is InChI=1S/C53H18Cl10N4O8/c54-28-8-20-21(9-29(28)55)47(69)40(46(20)68)38-3-1-18-42(64-38)36(62)6-16(44(18)66-50(72)24-12-32(58)33(59)13-25(24)51(66)73)5-17-7-37(63)43-19(45(17)67-52(74)26-14-34(60)35(61)15-27(26)53(67)75)2-4-39(65-43)41-48(70)22-10-30(56)31(57)11-23(22)49(41)71/h1-4,6-15,64-65H,5H2. The molecule has 2 N–H and O–H groups in total. The molecule has 12 nitrogen and oxygen atoms in total. The second-order valence-corrected chi connectivity index (χ2v) is 21.5. The van der Waals surface area contributed by atoms with Gasteiger partial charge in [-0.1, -0.05) is 116 Å². The van der Waals surface area contributed by atoms with Crippen LogP contribution in [-0.2, 0) is 6.42 Å². The monoisotopic (exact) mass is 1190 g/mol. The van der Waals surface area contributed by atoms with Crippen molar-refractivity contribution in [3.8, 4) is 0 Å². The summed E-state index contributed by atoms with van der Waals surface area (Å²) in [6.07, 6.45) is 5.37. The van der Waals surface area contributed by atoms with E-state index < -0.39 is 46.8 Å². The van der Waals surface area contributed by atoms with Crippen LogP contribution in [0.1, 0.15) is 105 Å². The minimum Gasteiger partial charge on any atom is -0.353 e. The number of anilines is 4. The number of nitrogens with zero attached hydrogens (tertiary/aromatic N) is 2. The predicted octanol–water partition coefficient (Wildman–Crippen LogP) is 15.0. The lowest BCUT2D eigenvalue weighted by atomic mass is 9.91. The number of rotatable bonds is 4. The second kappa shape index (κ2) is 17.7. The third-order valence-electron chi connectivity index (χ3n) is 13.3. The van der Waals surface area contributed by atoms with E-state index in [0.29, 0.717) is 0 Å². The van der Waals surface area contributed by atoms with E-state index in [9.17, 15) is 38.4 Å². The Labute approximate surface area is 471 Å². The number of carbonyl (C=O) groups excluding carboxylic acids is 8. The summed E-state index contributed by atoms with van der Waals surface area (Å²) in [6.45, 7) is 0. The van der Waals surface area contributed by atoms with Gasteiger partial charge in [-0.05, 0) is 96.1 Å². The number of hydrogen-bond donors (Lipinski definition) is 2. The maximum absolute atomic E-state index is 14.6. The summed E-state index contributed by atoms with van der Waals surface area (Å²) < 4.78 is 0. The first-order valence-corrected chi connectivity index (χ1v) is 25.4. The van der Waals surface area contributed by atoms with Crippen molar-refractivity contribution in [2.45, 2.75) is 6.42 Å². The average Bonchev–Trinajstić information content (AvgIpc) is 3.94. The van der Waals surface area contributed by atoms with Gasteiger partial charge in [-0.15, -0.1) is 0 Å². The lowest BCUT2D eigenvalue weighted by molar-refractivity contribution is 0.0910. The molecule has 0 atom stereocenters. The van der Waals surface area contributed by atoms with Gasteiger partial charge in [0.15, 0.2) is 23.1 Å². The molecule has 0 fully saturated rings. The fourth-order valence-corrected chi connectivity index (χ4v) is 11.8. The molecule has 0 spiro atoms. The largest absolute Gasteiger partial charge is 0.353 e. The normalized spacial score (nSPS) is 16.1. The molecule has 4 amide bonds. The van der Waals surface area contributed by atoms with Crippen molar-refractivity contribution < 1.29 is 38.4 Å². The molecule has 2 aliphatic carbocycles. The summed E-state index contributed by atoms with van der Waals surface area (Å²) in [4.78, 5) is 116. The molecule has 0 radical (unpaired) electrons. The van der Waals surface area contributed by atoms with Crippen molar-refractivity contribution in [2.24, 2.45) is 0 Å². The maximum atomic E-state index is 14.6. The van der Waals surface area contributed by atoms with Gasteiger partial charge in [0.2, 0.25) is 0 Å². The van der Waals surface area contributed by atoms with Gasteiger partial charge in [0.1, 0.15) is 0 Å². The molecule has 0 aromatic heterocycles. The Morgan fingerprint density at radius 1 is 0.320 bits per heavy atom. The molecule has 6 aromatic carbocycles. The number of allylic oxidation sites excluding steroid dienone is 4. The van der Waals surface area contributed by atoms with Crippen LogP contribution in [0.25, 0.3) is 12.2 Å². The van der Waals surface area contributed by atoms with Crippen LogP contribution in [0.15, 0.2) is 95.4 Å². The number of halogens is 10. The Kier molecular flexibility index (Phi) is 11.7. The Balaban J connectivity index is 1.05. The molecule has 4 aliphatic heterocycles.